The van der Waals surface area contributed by atoms with Crippen molar-refractivity contribution in [2.45, 2.75) is 6.92 Å². The van der Waals surface area contributed by atoms with Crippen LogP contribution in [0.4, 0.5) is 16.2 Å². The minimum atomic E-state index is -0.459. The van der Waals surface area contributed by atoms with Gasteiger partial charge >= 0.3 is 0 Å². The van der Waals surface area contributed by atoms with Crippen LogP contribution in [0.2, 0.25) is 0 Å². The Kier molecular flexibility index (Phi) is 3.57. The number of nitrogens with zero attached hydrogens (tertiary/aromatic N) is 2. The van der Waals surface area contributed by atoms with Crippen molar-refractivity contribution in [1.29, 1.82) is 0 Å². The third-order valence-corrected chi connectivity index (χ3v) is 2.13. The van der Waals surface area contributed by atoms with Crippen molar-refractivity contribution in [2.24, 2.45) is 0 Å². The zero-order valence-corrected chi connectivity index (χ0v) is 9.85. The van der Waals surface area contributed by atoms with Gasteiger partial charge in [-0.3, -0.25) is 0 Å². The van der Waals surface area contributed by atoms with Crippen LogP contribution >= 0.6 is 0 Å². The van der Waals surface area contributed by atoms with Crippen molar-refractivity contribution in [3.8, 4) is 11.6 Å². The van der Waals surface area contributed by atoms with Crippen LogP contribution in [0.15, 0.2) is 30.3 Å². The van der Waals surface area contributed by atoms with Crippen molar-refractivity contribution in [2.75, 3.05) is 17.6 Å². The summed E-state index contributed by atoms with van der Waals surface area (Å²) in [5.74, 6) is 0.442. The van der Waals surface area contributed by atoms with E-state index in [0.717, 1.165) is 0 Å². The van der Waals surface area contributed by atoms with Gasteiger partial charge in [0.15, 0.2) is 11.6 Å². The third kappa shape index (κ3) is 2.85. The number of hydrogen-bond donors (Lipinski definition) is 2. The van der Waals surface area contributed by atoms with Crippen molar-refractivity contribution in [3.05, 3.63) is 36.1 Å². The molecule has 0 bridgehead atoms. The fourth-order valence-corrected chi connectivity index (χ4v) is 1.41. The number of ether oxygens (including phenoxy) is 1. The van der Waals surface area contributed by atoms with E-state index >= 15 is 0 Å². The maximum absolute atomic E-state index is 13.4. The Balaban J connectivity index is 2.26. The van der Waals surface area contributed by atoms with E-state index in [0.29, 0.717) is 12.4 Å². The van der Waals surface area contributed by atoms with E-state index < -0.39 is 5.82 Å². The normalized spacial score (nSPS) is 10.1. The Bertz CT molecular complexity index is 547. The minimum Gasteiger partial charge on any atom is -0.436 e. The summed E-state index contributed by atoms with van der Waals surface area (Å²) in [6.45, 7) is 2.62. The average Bonchev–Trinajstić information content (AvgIpc) is 2.32. The fraction of sp³-hybridized carbons (Fsp3) is 0.167. The van der Waals surface area contributed by atoms with Gasteiger partial charge in [-0.25, -0.2) is 4.39 Å². The third-order valence-electron chi connectivity index (χ3n) is 2.13. The molecule has 0 fully saturated rings. The second-order valence-corrected chi connectivity index (χ2v) is 3.51. The highest BCUT2D eigenvalue weighted by Crippen LogP contribution is 2.24. The van der Waals surface area contributed by atoms with E-state index in [9.17, 15) is 4.39 Å². The van der Waals surface area contributed by atoms with Gasteiger partial charge in [0.05, 0.1) is 0 Å². The van der Waals surface area contributed by atoms with E-state index in [1.54, 1.807) is 18.2 Å². The first kappa shape index (κ1) is 12.1. The highest BCUT2D eigenvalue weighted by molar-refractivity contribution is 5.44. The van der Waals surface area contributed by atoms with Crippen LogP contribution < -0.4 is 15.8 Å². The van der Waals surface area contributed by atoms with Crippen molar-refractivity contribution in [3.63, 3.8) is 0 Å². The van der Waals surface area contributed by atoms with Crippen LogP contribution in [0.5, 0.6) is 11.6 Å². The summed E-state index contributed by atoms with van der Waals surface area (Å²) in [7, 11) is 0. The number of nitrogen functional groups attached to an aromatic ring is 1. The standard InChI is InChI=1S/C12H13FN4O/c1-2-15-10-7-11(17-12(14)16-10)18-9-6-4-3-5-8(9)13/h3-7H,2H2,1H3,(H3,14,15,16,17). The summed E-state index contributed by atoms with van der Waals surface area (Å²) in [5.41, 5.74) is 5.55. The number of nitrogens with two attached hydrogens (primary N) is 1. The summed E-state index contributed by atoms with van der Waals surface area (Å²) in [4.78, 5) is 7.86. The molecule has 0 aliphatic rings. The van der Waals surface area contributed by atoms with Crippen LogP contribution in [-0.4, -0.2) is 16.5 Å². The first-order chi connectivity index (χ1) is 8.69. The minimum absolute atomic E-state index is 0.0692. The van der Waals surface area contributed by atoms with Crippen LogP contribution in [0.3, 0.4) is 0 Å². The molecule has 0 radical (unpaired) electrons. The van der Waals surface area contributed by atoms with Gasteiger partial charge < -0.3 is 15.8 Å². The first-order valence-corrected chi connectivity index (χ1v) is 5.50. The van der Waals surface area contributed by atoms with Gasteiger partial charge in [-0.05, 0) is 19.1 Å². The van der Waals surface area contributed by atoms with Gasteiger partial charge in [0.25, 0.3) is 0 Å². The molecule has 94 valence electrons. The Morgan fingerprint density at radius 2 is 2.11 bits per heavy atom. The summed E-state index contributed by atoms with van der Waals surface area (Å²) < 4.78 is 18.7. The van der Waals surface area contributed by atoms with E-state index in [4.69, 9.17) is 10.5 Å². The number of nitrogens with one attached hydrogen (secondary N) is 1. The summed E-state index contributed by atoms with van der Waals surface area (Å²) in [6.07, 6.45) is 0. The quantitative estimate of drug-likeness (QED) is 0.869. The zero-order valence-electron chi connectivity index (χ0n) is 9.85. The maximum atomic E-state index is 13.4. The molecule has 2 aromatic rings. The van der Waals surface area contributed by atoms with Gasteiger partial charge in [0.2, 0.25) is 11.8 Å². The molecule has 5 nitrogen and oxygen atoms in total. The van der Waals surface area contributed by atoms with Crippen LogP contribution in [0.25, 0.3) is 0 Å². The molecule has 1 aromatic carbocycles. The molecule has 0 unspecified atom stereocenters. The Morgan fingerprint density at radius 3 is 2.83 bits per heavy atom. The van der Waals surface area contributed by atoms with E-state index in [2.05, 4.69) is 15.3 Å². The molecule has 3 N–H and O–H groups in total. The second kappa shape index (κ2) is 5.31. The number of rotatable bonds is 4. The SMILES string of the molecule is CCNc1cc(Oc2ccccc2F)nc(N)n1. The largest absolute Gasteiger partial charge is 0.436 e. The molecule has 6 heteroatoms. The van der Waals surface area contributed by atoms with Crippen molar-refractivity contribution in [1.82, 2.24) is 9.97 Å². The highest BCUT2D eigenvalue weighted by Gasteiger charge is 2.07. The molecular formula is C12H13FN4O. The number of benzene rings is 1. The van der Waals surface area contributed by atoms with E-state index in [1.165, 1.54) is 12.1 Å². The molecule has 0 saturated heterocycles. The van der Waals surface area contributed by atoms with Gasteiger partial charge in [-0.15, -0.1) is 0 Å². The topological polar surface area (TPSA) is 73.1 Å². The molecule has 0 aliphatic heterocycles. The number of para-hydroxylation sites is 1. The molecule has 2 rings (SSSR count). The average molecular weight is 248 g/mol. The lowest BCUT2D eigenvalue weighted by Crippen LogP contribution is -2.04. The predicted octanol–water partition coefficient (Wildman–Crippen LogP) is 2.42. The molecule has 0 spiro atoms. The lowest BCUT2D eigenvalue weighted by atomic mass is 10.3. The van der Waals surface area contributed by atoms with Gasteiger partial charge in [0.1, 0.15) is 5.82 Å². The highest BCUT2D eigenvalue weighted by atomic mass is 19.1. The van der Waals surface area contributed by atoms with Crippen LogP contribution in [0.1, 0.15) is 6.92 Å². The van der Waals surface area contributed by atoms with Crippen LogP contribution in [-0.2, 0) is 0 Å². The Hall–Kier alpha value is -2.37. The second-order valence-electron chi connectivity index (χ2n) is 3.51. The smallest absolute Gasteiger partial charge is 0.226 e. The molecule has 1 heterocycles. The van der Waals surface area contributed by atoms with E-state index in [1.807, 2.05) is 6.92 Å². The zero-order chi connectivity index (χ0) is 13.0. The maximum Gasteiger partial charge on any atom is 0.226 e. The van der Waals surface area contributed by atoms with Gasteiger partial charge in [0, 0.05) is 12.6 Å². The number of hydrogen-bond acceptors (Lipinski definition) is 5. The summed E-state index contributed by atoms with van der Waals surface area (Å²) in [6, 6.07) is 7.65. The molecule has 0 amide bonds. The molecule has 0 aliphatic carbocycles. The van der Waals surface area contributed by atoms with Gasteiger partial charge in [-0.2, -0.15) is 9.97 Å². The molecule has 0 atom stereocenters. The lowest BCUT2D eigenvalue weighted by molar-refractivity contribution is 0.427. The van der Waals surface area contributed by atoms with E-state index in [-0.39, 0.29) is 17.6 Å². The Morgan fingerprint density at radius 1 is 1.33 bits per heavy atom. The molecule has 1 aromatic heterocycles. The first-order valence-electron chi connectivity index (χ1n) is 5.50. The number of anilines is 2. The summed E-state index contributed by atoms with van der Waals surface area (Å²) >= 11 is 0. The fourth-order valence-electron chi connectivity index (χ4n) is 1.41. The molecule has 18 heavy (non-hydrogen) atoms. The number of aromatic nitrogens is 2. The molecule has 0 saturated carbocycles. The van der Waals surface area contributed by atoms with Crippen LogP contribution in [0, 0.1) is 5.82 Å². The monoisotopic (exact) mass is 248 g/mol. The van der Waals surface area contributed by atoms with Crippen molar-refractivity contribution < 1.29 is 9.13 Å². The van der Waals surface area contributed by atoms with Gasteiger partial charge in [-0.1, -0.05) is 12.1 Å². The number of halogens is 1. The predicted molar refractivity (Wildman–Crippen MR) is 67.1 cm³/mol. The Labute approximate surface area is 104 Å². The van der Waals surface area contributed by atoms with Crippen molar-refractivity contribution >= 4 is 11.8 Å². The molecular weight excluding hydrogens is 235 g/mol. The lowest BCUT2D eigenvalue weighted by Gasteiger charge is -2.08. The summed E-state index contributed by atoms with van der Waals surface area (Å²) in [5, 5.41) is 2.98.